The second-order valence-corrected chi connectivity index (χ2v) is 3.83. The fraction of sp³-hybridized carbons (Fsp3) is 0.750. The second-order valence-electron chi connectivity index (χ2n) is 3.27. The molecule has 80 valence electrons. The third kappa shape index (κ3) is 4.50. The molecular weight excluding hydrogens is 202 g/mol. The van der Waals surface area contributed by atoms with Crippen LogP contribution in [0, 0.1) is 0 Å². The van der Waals surface area contributed by atoms with E-state index in [9.17, 15) is 5.11 Å². The van der Waals surface area contributed by atoms with Gasteiger partial charge in [-0.15, -0.1) is 4.37 Å². The Kier molecular flexibility index (Phi) is 4.78. The number of nitrogens with zero attached hydrogens (tertiary/aromatic N) is 2. The van der Waals surface area contributed by atoms with E-state index in [2.05, 4.69) is 14.1 Å². The number of hydrogen-bond donors (Lipinski definition) is 2. The lowest BCUT2D eigenvalue weighted by molar-refractivity contribution is 0.102. The van der Waals surface area contributed by atoms with Crippen LogP contribution in [0.2, 0.25) is 0 Å². The predicted octanol–water partition coefficient (Wildman–Crippen LogP) is 0.276. The van der Waals surface area contributed by atoms with E-state index in [-0.39, 0.29) is 6.61 Å². The smallest absolute Gasteiger partial charge is 0.245 e. The van der Waals surface area contributed by atoms with Crippen LogP contribution in [-0.4, -0.2) is 39.2 Å². The van der Waals surface area contributed by atoms with Crippen LogP contribution in [-0.2, 0) is 0 Å². The molecule has 0 spiro atoms. The summed E-state index contributed by atoms with van der Waals surface area (Å²) >= 11 is 1.09. The highest BCUT2D eigenvalue weighted by molar-refractivity contribution is 6.99. The molecule has 0 aliphatic heterocycles. The van der Waals surface area contributed by atoms with Crippen molar-refractivity contribution in [2.75, 3.05) is 13.2 Å². The van der Waals surface area contributed by atoms with Crippen LogP contribution in [0.1, 0.15) is 13.8 Å². The summed E-state index contributed by atoms with van der Waals surface area (Å²) in [4.78, 5) is 0. The van der Waals surface area contributed by atoms with Crippen LogP contribution in [0.15, 0.2) is 6.20 Å². The minimum absolute atomic E-state index is 0.241. The van der Waals surface area contributed by atoms with Crippen molar-refractivity contribution >= 4 is 11.7 Å². The Morgan fingerprint density at radius 2 is 2.43 bits per heavy atom. The molecule has 5 nitrogen and oxygen atoms in total. The van der Waals surface area contributed by atoms with Gasteiger partial charge in [-0.05, 0) is 0 Å². The number of rotatable bonds is 6. The van der Waals surface area contributed by atoms with Gasteiger partial charge in [0.1, 0.15) is 18.9 Å². The first-order valence-electron chi connectivity index (χ1n) is 4.50. The Morgan fingerprint density at radius 3 is 3.00 bits per heavy atom. The summed E-state index contributed by atoms with van der Waals surface area (Å²) in [5.74, 6) is 0.471. The van der Waals surface area contributed by atoms with Gasteiger partial charge in [-0.25, -0.2) is 0 Å². The molecule has 0 bridgehead atoms. The highest BCUT2D eigenvalue weighted by Gasteiger charge is 2.06. The molecule has 6 heteroatoms. The number of nitrogens with one attached hydrogen (secondary N) is 1. The molecule has 2 N–H and O–H groups in total. The van der Waals surface area contributed by atoms with E-state index in [1.54, 1.807) is 0 Å². The minimum atomic E-state index is -0.515. The standard InChI is InChI=1S/C8H15N3O2S/c1-6(2)9-3-7(12)5-13-8-4-10-14-11-8/h4,6-7,9,12H,3,5H2,1-2H3. The Bertz CT molecular complexity index is 241. The molecule has 0 aliphatic rings. The molecule has 1 unspecified atom stereocenters. The molecule has 0 fully saturated rings. The van der Waals surface area contributed by atoms with Gasteiger partial charge in [-0.2, -0.15) is 4.37 Å². The number of ether oxygens (including phenoxy) is 1. The van der Waals surface area contributed by atoms with Gasteiger partial charge in [-0.3, -0.25) is 0 Å². The summed E-state index contributed by atoms with van der Waals surface area (Å²) in [5.41, 5.74) is 0. The summed E-state index contributed by atoms with van der Waals surface area (Å²) < 4.78 is 12.8. The fourth-order valence-electron chi connectivity index (χ4n) is 0.832. The lowest BCUT2D eigenvalue weighted by atomic mass is 10.3. The summed E-state index contributed by atoms with van der Waals surface area (Å²) in [6.07, 6.45) is 1.02. The topological polar surface area (TPSA) is 67.3 Å². The van der Waals surface area contributed by atoms with Crippen molar-refractivity contribution in [2.24, 2.45) is 0 Å². The molecule has 0 aromatic carbocycles. The molecule has 0 amide bonds. The van der Waals surface area contributed by atoms with Gasteiger partial charge in [0.15, 0.2) is 0 Å². The van der Waals surface area contributed by atoms with Gasteiger partial charge < -0.3 is 15.2 Å². The molecule has 0 radical (unpaired) electrons. The Morgan fingerprint density at radius 1 is 1.64 bits per heavy atom. The quantitative estimate of drug-likeness (QED) is 0.716. The van der Waals surface area contributed by atoms with E-state index in [4.69, 9.17) is 4.74 Å². The largest absolute Gasteiger partial charge is 0.473 e. The fourth-order valence-corrected chi connectivity index (χ4v) is 1.20. The predicted molar refractivity (Wildman–Crippen MR) is 54.5 cm³/mol. The van der Waals surface area contributed by atoms with Crippen LogP contribution >= 0.6 is 11.7 Å². The zero-order valence-corrected chi connectivity index (χ0v) is 9.12. The van der Waals surface area contributed by atoms with Gasteiger partial charge in [0.25, 0.3) is 0 Å². The van der Waals surface area contributed by atoms with Crippen molar-refractivity contribution in [1.82, 2.24) is 14.1 Å². The van der Waals surface area contributed by atoms with Gasteiger partial charge in [0, 0.05) is 12.6 Å². The number of hydrogen-bond acceptors (Lipinski definition) is 6. The average molecular weight is 217 g/mol. The van der Waals surface area contributed by atoms with Crippen molar-refractivity contribution in [2.45, 2.75) is 26.0 Å². The highest BCUT2D eigenvalue weighted by atomic mass is 32.1. The zero-order chi connectivity index (χ0) is 10.4. The van der Waals surface area contributed by atoms with Crippen molar-refractivity contribution < 1.29 is 9.84 Å². The lowest BCUT2D eigenvalue weighted by Crippen LogP contribution is -2.35. The molecule has 0 saturated heterocycles. The van der Waals surface area contributed by atoms with E-state index in [1.807, 2.05) is 13.8 Å². The van der Waals surface area contributed by atoms with E-state index in [0.717, 1.165) is 11.7 Å². The Labute approximate surface area is 87.4 Å². The van der Waals surface area contributed by atoms with Gasteiger partial charge in [0.2, 0.25) is 5.88 Å². The molecule has 1 aromatic heterocycles. The summed E-state index contributed by atoms with van der Waals surface area (Å²) in [6, 6.07) is 0.366. The normalized spacial score (nSPS) is 13.1. The first kappa shape index (κ1) is 11.4. The summed E-state index contributed by atoms with van der Waals surface area (Å²) in [5, 5.41) is 12.6. The first-order chi connectivity index (χ1) is 6.68. The zero-order valence-electron chi connectivity index (χ0n) is 8.30. The van der Waals surface area contributed by atoms with E-state index in [1.165, 1.54) is 6.20 Å². The van der Waals surface area contributed by atoms with Crippen molar-refractivity contribution in [1.29, 1.82) is 0 Å². The van der Waals surface area contributed by atoms with Crippen LogP contribution in [0.4, 0.5) is 0 Å². The molecule has 1 rings (SSSR count). The molecule has 0 saturated carbocycles. The SMILES string of the molecule is CC(C)NCC(O)COc1cnsn1. The molecule has 14 heavy (non-hydrogen) atoms. The average Bonchev–Trinajstić information content (AvgIpc) is 2.63. The van der Waals surface area contributed by atoms with Gasteiger partial charge in [-0.1, -0.05) is 13.8 Å². The monoisotopic (exact) mass is 217 g/mol. The number of aliphatic hydroxyl groups excluding tert-OH is 1. The molecule has 0 aliphatic carbocycles. The third-order valence-electron chi connectivity index (χ3n) is 1.53. The molecule has 1 aromatic rings. The number of aromatic nitrogens is 2. The molecular formula is C8H15N3O2S. The van der Waals surface area contributed by atoms with E-state index >= 15 is 0 Å². The third-order valence-corrected chi connectivity index (χ3v) is 1.99. The highest BCUT2D eigenvalue weighted by Crippen LogP contribution is 2.04. The van der Waals surface area contributed by atoms with Crippen LogP contribution in [0.5, 0.6) is 5.88 Å². The van der Waals surface area contributed by atoms with E-state index < -0.39 is 6.10 Å². The first-order valence-corrected chi connectivity index (χ1v) is 5.23. The van der Waals surface area contributed by atoms with Crippen molar-refractivity contribution in [3.8, 4) is 5.88 Å². The summed E-state index contributed by atoms with van der Waals surface area (Å²) in [6.45, 7) is 4.82. The van der Waals surface area contributed by atoms with Crippen LogP contribution < -0.4 is 10.1 Å². The van der Waals surface area contributed by atoms with Gasteiger partial charge >= 0.3 is 0 Å². The number of aliphatic hydroxyl groups is 1. The van der Waals surface area contributed by atoms with Crippen molar-refractivity contribution in [3.63, 3.8) is 0 Å². The minimum Gasteiger partial charge on any atom is -0.473 e. The van der Waals surface area contributed by atoms with Crippen LogP contribution in [0.25, 0.3) is 0 Å². The Hall–Kier alpha value is -0.720. The second kappa shape index (κ2) is 5.90. The lowest BCUT2D eigenvalue weighted by Gasteiger charge is -2.13. The molecule has 1 heterocycles. The van der Waals surface area contributed by atoms with Crippen molar-refractivity contribution in [3.05, 3.63) is 6.20 Å². The maximum Gasteiger partial charge on any atom is 0.245 e. The van der Waals surface area contributed by atoms with E-state index in [0.29, 0.717) is 18.5 Å². The maximum absolute atomic E-state index is 9.46. The summed E-state index contributed by atoms with van der Waals surface area (Å²) in [7, 11) is 0. The Balaban J connectivity index is 2.12. The van der Waals surface area contributed by atoms with Crippen LogP contribution in [0.3, 0.4) is 0 Å². The maximum atomic E-state index is 9.46. The van der Waals surface area contributed by atoms with Gasteiger partial charge in [0.05, 0.1) is 11.7 Å². The molecule has 1 atom stereocenters.